The van der Waals surface area contributed by atoms with Crippen LogP contribution in [0.4, 0.5) is 0 Å². The SMILES string of the molecule is CCCNC(=O)CN1CCC(NC(=O)c2ccc(OC)c(S(=O)(=O)N(C)C)c2)CC1. The van der Waals surface area contributed by atoms with Gasteiger partial charge >= 0.3 is 0 Å². The molecule has 10 heteroatoms. The summed E-state index contributed by atoms with van der Waals surface area (Å²) in [7, 11) is 0.495. The number of methoxy groups -OCH3 is 1. The van der Waals surface area contributed by atoms with Gasteiger partial charge in [0, 0.05) is 45.3 Å². The molecule has 1 aromatic rings. The highest BCUT2D eigenvalue weighted by Crippen LogP contribution is 2.27. The van der Waals surface area contributed by atoms with Gasteiger partial charge in [0.1, 0.15) is 10.6 Å². The van der Waals surface area contributed by atoms with Gasteiger partial charge in [-0.1, -0.05) is 6.92 Å². The molecular formula is C20H32N4O5S. The highest BCUT2D eigenvalue weighted by atomic mass is 32.2. The molecule has 1 aliphatic heterocycles. The Balaban J connectivity index is 1.98. The predicted octanol–water partition coefficient (Wildman–Crippen LogP) is 0.666. The molecule has 0 unspecified atom stereocenters. The topological polar surface area (TPSA) is 108 Å². The second kappa shape index (κ2) is 10.7. The number of rotatable bonds is 9. The normalized spacial score (nSPS) is 15.8. The largest absolute Gasteiger partial charge is 0.495 e. The molecule has 0 saturated carbocycles. The highest BCUT2D eigenvalue weighted by molar-refractivity contribution is 7.89. The van der Waals surface area contributed by atoms with Crippen molar-refractivity contribution in [1.82, 2.24) is 19.8 Å². The van der Waals surface area contributed by atoms with E-state index in [1.165, 1.54) is 33.3 Å². The van der Waals surface area contributed by atoms with E-state index in [1.807, 2.05) is 6.92 Å². The molecule has 2 rings (SSSR count). The average molecular weight is 441 g/mol. The molecule has 2 N–H and O–H groups in total. The monoisotopic (exact) mass is 440 g/mol. The minimum absolute atomic E-state index is 0.0206. The van der Waals surface area contributed by atoms with E-state index in [-0.39, 0.29) is 34.1 Å². The number of benzene rings is 1. The maximum Gasteiger partial charge on any atom is 0.251 e. The third-order valence-electron chi connectivity index (χ3n) is 5.05. The molecule has 0 bridgehead atoms. The van der Waals surface area contributed by atoms with E-state index in [0.717, 1.165) is 23.6 Å². The predicted molar refractivity (Wildman–Crippen MR) is 114 cm³/mol. The van der Waals surface area contributed by atoms with Gasteiger partial charge in [-0.3, -0.25) is 14.5 Å². The van der Waals surface area contributed by atoms with Crippen LogP contribution in [0.2, 0.25) is 0 Å². The maximum atomic E-state index is 12.7. The molecule has 1 aromatic carbocycles. The molecule has 0 radical (unpaired) electrons. The van der Waals surface area contributed by atoms with Crippen molar-refractivity contribution in [2.45, 2.75) is 37.1 Å². The van der Waals surface area contributed by atoms with Crippen molar-refractivity contribution < 1.29 is 22.7 Å². The molecule has 1 aliphatic rings. The van der Waals surface area contributed by atoms with Gasteiger partial charge in [-0.05, 0) is 37.5 Å². The average Bonchev–Trinajstić information content (AvgIpc) is 2.73. The van der Waals surface area contributed by atoms with E-state index >= 15 is 0 Å². The molecular weight excluding hydrogens is 408 g/mol. The van der Waals surface area contributed by atoms with Crippen LogP contribution in [0.1, 0.15) is 36.5 Å². The summed E-state index contributed by atoms with van der Waals surface area (Å²) in [5.74, 6) is -0.117. The molecule has 30 heavy (non-hydrogen) atoms. The zero-order chi connectivity index (χ0) is 22.3. The second-order valence-electron chi connectivity index (χ2n) is 7.53. The third-order valence-corrected chi connectivity index (χ3v) is 6.88. The van der Waals surface area contributed by atoms with E-state index < -0.39 is 10.0 Å². The van der Waals surface area contributed by atoms with Crippen LogP contribution >= 0.6 is 0 Å². The summed E-state index contributed by atoms with van der Waals surface area (Å²) < 4.78 is 31.3. The number of amides is 2. The summed E-state index contributed by atoms with van der Waals surface area (Å²) in [5, 5.41) is 5.84. The summed E-state index contributed by atoms with van der Waals surface area (Å²) >= 11 is 0. The highest BCUT2D eigenvalue weighted by Gasteiger charge is 2.26. The molecule has 2 amide bonds. The van der Waals surface area contributed by atoms with Crippen molar-refractivity contribution in [3.8, 4) is 5.75 Å². The minimum Gasteiger partial charge on any atom is -0.495 e. The van der Waals surface area contributed by atoms with Crippen LogP contribution in [-0.4, -0.2) is 82.9 Å². The van der Waals surface area contributed by atoms with Crippen LogP contribution in [0.5, 0.6) is 5.75 Å². The van der Waals surface area contributed by atoms with Crippen molar-refractivity contribution in [1.29, 1.82) is 0 Å². The van der Waals surface area contributed by atoms with Crippen molar-refractivity contribution in [2.75, 3.05) is 47.4 Å². The molecule has 0 atom stereocenters. The Labute approximate surface area is 178 Å². The lowest BCUT2D eigenvalue weighted by Crippen LogP contribution is -2.47. The van der Waals surface area contributed by atoms with Crippen LogP contribution in [0.3, 0.4) is 0 Å². The van der Waals surface area contributed by atoms with Crippen molar-refractivity contribution >= 4 is 21.8 Å². The number of likely N-dealkylation sites (tertiary alicyclic amines) is 1. The zero-order valence-electron chi connectivity index (χ0n) is 18.1. The lowest BCUT2D eigenvalue weighted by atomic mass is 10.0. The first-order valence-electron chi connectivity index (χ1n) is 10.1. The number of nitrogens with zero attached hydrogens (tertiary/aromatic N) is 2. The first-order valence-corrected chi connectivity index (χ1v) is 11.5. The summed E-state index contributed by atoms with van der Waals surface area (Å²) in [4.78, 5) is 26.6. The number of hydrogen-bond acceptors (Lipinski definition) is 6. The zero-order valence-corrected chi connectivity index (χ0v) is 18.9. The third kappa shape index (κ3) is 6.16. The first-order chi connectivity index (χ1) is 14.2. The number of nitrogens with one attached hydrogen (secondary N) is 2. The summed E-state index contributed by atoms with van der Waals surface area (Å²) in [5.41, 5.74) is 0.262. The second-order valence-corrected chi connectivity index (χ2v) is 9.65. The standard InChI is InChI=1S/C20H32N4O5S/c1-5-10-21-19(25)14-24-11-8-16(9-12-24)22-20(26)15-6-7-17(29-4)18(13-15)30(27,28)23(2)3/h6-7,13,16H,5,8-12,14H2,1-4H3,(H,21,25)(H,22,26). The Bertz CT molecular complexity index is 849. The van der Waals surface area contributed by atoms with E-state index in [0.29, 0.717) is 26.2 Å². The van der Waals surface area contributed by atoms with Crippen molar-refractivity contribution in [3.05, 3.63) is 23.8 Å². The number of piperidine rings is 1. The maximum absolute atomic E-state index is 12.7. The Hall–Kier alpha value is -2.17. The number of carbonyl (C=O) groups excluding carboxylic acids is 2. The van der Waals surface area contributed by atoms with Gasteiger partial charge in [-0.25, -0.2) is 12.7 Å². The fourth-order valence-electron chi connectivity index (χ4n) is 3.24. The molecule has 0 aromatic heterocycles. The lowest BCUT2D eigenvalue weighted by molar-refractivity contribution is -0.122. The number of sulfonamides is 1. The molecule has 1 saturated heterocycles. The summed E-state index contributed by atoms with van der Waals surface area (Å²) in [6.45, 7) is 4.49. The molecule has 168 valence electrons. The molecule has 0 spiro atoms. The summed E-state index contributed by atoms with van der Waals surface area (Å²) in [6.07, 6.45) is 2.36. The van der Waals surface area contributed by atoms with Crippen LogP contribution in [-0.2, 0) is 14.8 Å². The van der Waals surface area contributed by atoms with E-state index in [9.17, 15) is 18.0 Å². The van der Waals surface area contributed by atoms with Gasteiger partial charge in [0.2, 0.25) is 15.9 Å². The van der Waals surface area contributed by atoms with Gasteiger partial charge in [-0.15, -0.1) is 0 Å². The Kier molecular flexibility index (Phi) is 8.63. The first kappa shape index (κ1) is 24.1. The fourth-order valence-corrected chi connectivity index (χ4v) is 4.32. The number of hydrogen-bond donors (Lipinski definition) is 2. The van der Waals surface area contributed by atoms with Gasteiger partial charge in [0.05, 0.1) is 13.7 Å². The van der Waals surface area contributed by atoms with Crippen LogP contribution in [0.25, 0.3) is 0 Å². The summed E-state index contributed by atoms with van der Waals surface area (Å²) in [6, 6.07) is 4.36. The van der Waals surface area contributed by atoms with Crippen molar-refractivity contribution in [3.63, 3.8) is 0 Å². The fraction of sp³-hybridized carbons (Fsp3) is 0.600. The van der Waals surface area contributed by atoms with E-state index in [4.69, 9.17) is 4.74 Å². The van der Waals surface area contributed by atoms with Crippen LogP contribution in [0.15, 0.2) is 23.1 Å². The van der Waals surface area contributed by atoms with Crippen molar-refractivity contribution in [2.24, 2.45) is 0 Å². The smallest absolute Gasteiger partial charge is 0.251 e. The molecule has 1 fully saturated rings. The molecule has 0 aliphatic carbocycles. The number of ether oxygens (including phenoxy) is 1. The Morgan fingerprint density at radius 1 is 1.23 bits per heavy atom. The Morgan fingerprint density at radius 2 is 1.90 bits per heavy atom. The van der Waals surface area contributed by atoms with Gasteiger partial charge < -0.3 is 15.4 Å². The van der Waals surface area contributed by atoms with Gasteiger partial charge in [-0.2, -0.15) is 0 Å². The minimum atomic E-state index is -3.75. The van der Waals surface area contributed by atoms with Gasteiger partial charge in [0.15, 0.2) is 0 Å². The Morgan fingerprint density at radius 3 is 2.47 bits per heavy atom. The van der Waals surface area contributed by atoms with E-state index in [2.05, 4.69) is 15.5 Å². The van der Waals surface area contributed by atoms with E-state index in [1.54, 1.807) is 6.07 Å². The van der Waals surface area contributed by atoms with Crippen LogP contribution < -0.4 is 15.4 Å². The van der Waals surface area contributed by atoms with Gasteiger partial charge in [0.25, 0.3) is 5.91 Å². The number of carbonyl (C=O) groups is 2. The molecule has 1 heterocycles. The van der Waals surface area contributed by atoms with Crippen LogP contribution in [0, 0.1) is 0 Å². The lowest BCUT2D eigenvalue weighted by Gasteiger charge is -2.31. The quantitative estimate of drug-likeness (QED) is 0.584. The molecule has 9 nitrogen and oxygen atoms in total.